The van der Waals surface area contributed by atoms with E-state index in [4.69, 9.17) is 11.6 Å². The summed E-state index contributed by atoms with van der Waals surface area (Å²) in [4.78, 5) is 12.3. The van der Waals surface area contributed by atoms with Crippen molar-refractivity contribution in [2.75, 3.05) is 0 Å². The molecule has 0 spiro atoms. The number of hydrogen-bond acceptors (Lipinski definition) is 1. The lowest BCUT2D eigenvalue weighted by Gasteiger charge is -2.12. The highest BCUT2D eigenvalue weighted by Crippen LogP contribution is 2.21. The van der Waals surface area contributed by atoms with Gasteiger partial charge in [0, 0.05) is 16.5 Å². The Morgan fingerprint density at radius 3 is 2.71 bits per heavy atom. The second kappa shape index (κ2) is 5.35. The molecule has 0 bridgehead atoms. The third kappa shape index (κ3) is 2.54. The number of fused-ring (bicyclic) bond motifs is 1. The fraction of sp³-hybridized carbons (Fsp3) is 0.188. The van der Waals surface area contributed by atoms with E-state index in [-0.39, 0.29) is 5.56 Å². The number of halogens is 2. The maximum Gasteiger partial charge on any atom is 0.274 e. The summed E-state index contributed by atoms with van der Waals surface area (Å²) < 4.78 is 4.63. The fourth-order valence-electron chi connectivity index (χ4n) is 2.51. The standard InChI is InChI=1S/C16H14BrClN2O/c1-10-3-4-12(17)7-11(10)9-20-15-8-13(18)5-6-14(15)16(21)19(20)2/h3-8H,9H2,1-2H3. The van der Waals surface area contributed by atoms with Crippen molar-refractivity contribution in [3.63, 3.8) is 0 Å². The highest BCUT2D eigenvalue weighted by atomic mass is 79.9. The van der Waals surface area contributed by atoms with E-state index in [0.29, 0.717) is 17.0 Å². The maximum atomic E-state index is 12.3. The van der Waals surface area contributed by atoms with Gasteiger partial charge >= 0.3 is 0 Å². The first-order valence-corrected chi connectivity index (χ1v) is 7.74. The number of aryl methyl sites for hydroxylation is 1. The van der Waals surface area contributed by atoms with Crippen molar-refractivity contribution < 1.29 is 0 Å². The summed E-state index contributed by atoms with van der Waals surface area (Å²) in [5.74, 6) is 0. The number of benzene rings is 2. The molecule has 1 aromatic heterocycles. The molecule has 0 aliphatic rings. The average Bonchev–Trinajstić information content (AvgIpc) is 2.67. The molecule has 0 aliphatic heterocycles. The highest BCUT2D eigenvalue weighted by molar-refractivity contribution is 9.10. The van der Waals surface area contributed by atoms with E-state index in [1.165, 1.54) is 5.56 Å². The quantitative estimate of drug-likeness (QED) is 0.671. The molecule has 108 valence electrons. The largest absolute Gasteiger partial charge is 0.278 e. The van der Waals surface area contributed by atoms with E-state index in [2.05, 4.69) is 35.0 Å². The second-order valence-electron chi connectivity index (χ2n) is 5.12. The Bertz CT molecular complexity index is 895. The predicted molar refractivity (Wildman–Crippen MR) is 90.2 cm³/mol. The summed E-state index contributed by atoms with van der Waals surface area (Å²) in [5.41, 5.74) is 3.20. The Labute approximate surface area is 135 Å². The summed E-state index contributed by atoms with van der Waals surface area (Å²) >= 11 is 9.58. The van der Waals surface area contributed by atoms with Crippen LogP contribution in [-0.4, -0.2) is 9.36 Å². The van der Waals surface area contributed by atoms with Crippen LogP contribution < -0.4 is 5.56 Å². The molecule has 2 aromatic carbocycles. The average molecular weight is 366 g/mol. The highest BCUT2D eigenvalue weighted by Gasteiger charge is 2.12. The lowest BCUT2D eigenvalue weighted by molar-refractivity contribution is 0.553. The van der Waals surface area contributed by atoms with Gasteiger partial charge in [-0.15, -0.1) is 0 Å². The van der Waals surface area contributed by atoms with Crippen LogP contribution in [-0.2, 0) is 13.6 Å². The molecule has 0 radical (unpaired) electrons. The molecular formula is C16H14BrClN2O. The Morgan fingerprint density at radius 2 is 1.95 bits per heavy atom. The van der Waals surface area contributed by atoms with Crippen LogP contribution in [0.25, 0.3) is 10.9 Å². The van der Waals surface area contributed by atoms with Crippen LogP contribution in [0.5, 0.6) is 0 Å². The van der Waals surface area contributed by atoms with Crippen LogP contribution >= 0.6 is 27.5 Å². The number of nitrogens with zero attached hydrogens (tertiary/aromatic N) is 2. The van der Waals surface area contributed by atoms with Crippen LogP contribution in [0.3, 0.4) is 0 Å². The van der Waals surface area contributed by atoms with Gasteiger partial charge in [0.1, 0.15) is 0 Å². The van der Waals surface area contributed by atoms with Gasteiger partial charge in [-0.2, -0.15) is 0 Å². The van der Waals surface area contributed by atoms with E-state index in [9.17, 15) is 4.79 Å². The molecule has 0 N–H and O–H groups in total. The monoisotopic (exact) mass is 364 g/mol. The van der Waals surface area contributed by atoms with Crippen molar-refractivity contribution in [2.24, 2.45) is 7.05 Å². The molecule has 0 saturated heterocycles. The molecule has 1 heterocycles. The molecule has 3 aromatic rings. The molecule has 0 atom stereocenters. The van der Waals surface area contributed by atoms with Gasteiger partial charge in [0.25, 0.3) is 5.56 Å². The van der Waals surface area contributed by atoms with E-state index >= 15 is 0 Å². The van der Waals surface area contributed by atoms with Crippen molar-refractivity contribution >= 4 is 38.4 Å². The zero-order chi connectivity index (χ0) is 15.1. The van der Waals surface area contributed by atoms with E-state index in [1.54, 1.807) is 23.9 Å². The maximum absolute atomic E-state index is 12.3. The molecule has 0 saturated carbocycles. The van der Waals surface area contributed by atoms with Crippen molar-refractivity contribution in [3.8, 4) is 0 Å². The summed E-state index contributed by atoms with van der Waals surface area (Å²) in [5, 5.41) is 1.32. The molecule has 5 heteroatoms. The molecule has 0 amide bonds. The van der Waals surface area contributed by atoms with Crippen molar-refractivity contribution in [1.29, 1.82) is 0 Å². The van der Waals surface area contributed by atoms with Crippen molar-refractivity contribution in [2.45, 2.75) is 13.5 Å². The minimum absolute atomic E-state index is 0.00526. The molecule has 3 nitrogen and oxygen atoms in total. The predicted octanol–water partition coefficient (Wildman–Crippen LogP) is 4.11. The van der Waals surface area contributed by atoms with Gasteiger partial charge in [0.15, 0.2) is 0 Å². The Hall–Kier alpha value is -1.52. The minimum atomic E-state index is -0.00526. The van der Waals surface area contributed by atoms with Gasteiger partial charge in [-0.05, 0) is 48.4 Å². The van der Waals surface area contributed by atoms with Crippen LogP contribution in [0.1, 0.15) is 11.1 Å². The Morgan fingerprint density at radius 1 is 1.19 bits per heavy atom. The minimum Gasteiger partial charge on any atom is -0.278 e. The number of rotatable bonds is 2. The van der Waals surface area contributed by atoms with Gasteiger partial charge in [-0.1, -0.05) is 33.6 Å². The van der Waals surface area contributed by atoms with Crippen molar-refractivity contribution in [1.82, 2.24) is 9.36 Å². The molecule has 0 fully saturated rings. The van der Waals surface area contributed by atoms with Crippen LogP contribution in [0, 0.1) is 6.92 Å². The summed E-state index contributed by atoms with van der Waals surface area (Å²) in [7, 11) is 1.78. The van der Waals surface area contributed by atoms with E-state index < -0.39 is 0 Å². The van der Waals surface area contributed by atoms with Gasteiger partial charge in [0.05, 0.1) is 17.4 Å². The first-order chi connectivity index (χ1) is 9.97. The molecular weight excluding hydrogens is 352 g/mol. The summed E-state index contributed by atoms with van der Waals surface area (Å²) in [6, 6.07) is 11.5. The Kier molecular flexibility index (Phi) is 3.68. The lowest BCUT2D eigenvalue weighted by atomic mass is 10.1. The lowest BCUT2D eigenvalue weighted by Crippen LogP contribution is -2.20. The third-order valence-electron chi connectivity index (χ3n) is 3.76. The smallest absolute Gasteiger partial charge is 0.274 e. The molecule has 3 rings (SSSR count). The van der Waals surface area contributed by atoms with Crippen LogP contribution in [0.15, 0.2) is 45.7 Å². The fourth-order valence-corrected chi connectivity index (χ4v) is 3.08. The van der Waals surface area contributed by atoms with E-state index in [0.717, 1.165) is 15.6 Å². The van der Waals surface area contributed by atoms with Crippen molar-refractivity contribution in [3.05, 3.63) is 67.4 Å². The third-order valence-corrected chi connectivity index (χ3v) is 4.48. The topological polar surface area (TPSA) is 26.9 Å². The molecule has 0 aliphatic carbocycles. The van der Waals surface area contributed by atoms with Crippen LogP contribution in [0.4, 0.5) is 0 Å². The van der Waals surface area contributed by atoms with Gasteiger partial charge in [0.2, 0.25) is 0 Å². The van der Waals surface area contributed by atoms with Gasteiger partial charge in [-0.3, -0.25) is 14.2 Å². The zero-order valence-electron chi connectivity index (χ0n) is 11.7. The molecule has 21 heavy (non-hydrogen) atoms. The molecule has 0 unspecified atom stereocenters. The summed E-state index contributed by atoms with van der Waals surface area (Å²) in [6.07, 6.45) is 0. The first-order valence-electron chi connectivity index (χ1n) is 6.57. The SMILES string of the molecule is Cc1ccc(Br)cc1Cn1c2cc(Cl)ccc2c(=O)n1C. The number of aromatic nitrogens is 2. The number of hydrogen-bond donors (Lipinski definition) is 0. The normalized spacial score (nSPS) is 11.2. The zero-order valence-corrected chi connectivity index (χ0v) is 14.1. The Balaban J connectivity index is 2.21. The van der Waals surface area contributed by atoms with E-state index in [1.807, 2.05) is 16.8 Å². The second-order valence-corrected chi connectivity index (χ2v) is 6.47. The van der Waals surface area contributed by atoms with Crippen LogP contribution in [0.2, 0.25) is 5.02 Å². The first kappa shape index (κ1) is 14.4. The van der Waals surface area contributed by atoms with Gasteiger partial charge in [-0.25, -0.2) is 0 Å². The van der Waals surface area contributed by atoms with Gasteiger partial charge < -0.3 is 0 Å². The summed E-state index contributed by atoms with van der Waals surface area (Å²) in [6.45, 7) is 2.69.